The first-order valence-corrected chi connectivity index (χ1v) is 6.85. The van der Waals surface area contributed by atoms with E-state index in [1.807, 2.05) is 6.07 Å². The summed E-state index contributed by atoms with van der Waals surface area (Å²) in [5.41, 5.74) is 5.71. The number of nitrogens with two attached hydrogens (primary N) is 1. The summed E-state index contributed by atoms with van der Waals surface area (Å²) in [5, 5.41) is 1.01. The minimum absolute atomic E-state index is 0.445. The van der Waals surface area contributed by atoms with Gasteiger partial charge in [0.1, 0.15) is 5.75 Å². The maximum absolute atomic E-state index is 11.2. The molecule has 1 aromatic carbocycles. The van der Waals surface area contributed by atoms with Gasteiger partial charge < -0.3 is 10.5 Å². The van der Waals surface area contributed by atoms with E-state index in [1.54, 1.807) is 18.2 Å². The van der Waals surface area contributed by atoms with Gasteiger partial charge in [0.25, 0.3) is 5.91 Å². The van der Waals surface area contributed by atoms with Crippen LogP contribution in [0.3, 0.4) is 0 Å². The fraction of sp³-hybridized carbons (Fsp3) is 0.462. The summed E-state index contributed by atoms with van der Waals surface area (Å²) in [7, 11) is 0. The number of carbonyl (C=O) groups is 1. The van der Waals surface area contributed by atoms with Crippen molar-refractivity contribution in [3.05, 3.63) is 29.8 Å². The summed E-state index contributed by atoms with van der Waals surface area (Å²) in [6.45, 7) is 2.79. The van der Waals surface area contributed by atoms with Gasteiger partial charge in [-0.15, -0.1) is 0 Å². The quantitative estimate of drug-likeness (QED) is 0.787. The van der Waals surface area contributed by atoms with E-state index >= 15 is 0 Å². The molecule has 0 heterocycles. The average molecular weight is 300 g/mol. The van der Waals surface area contributed by atoms with Crippen molar-refractivity contribution in [1.29, 1.82) is 0 Å². The van der Waals surface area contributed by atoms with Crippen LogP contribution >= 0.6 is 15.9 Å². The third kappa shape index (κ3) is 4.77. The Balaban J connectivity index is 2.49. The van der Waals surface area contributed by atoms with Crippen molar-refractivity contribution in [3.8, 4) is 5.75 Å². The fourth-order valence-corrected chi connectivity index (χ4v) is 2.28. The van der Waals surface area contributed by atoms with E-state index in [4.69, 9.17) is 10.5 Å². The van der Waals surface area contributed by atoms with E-state index in [-0.39, 0.29) is 0 Å². The highest BCUT2D eigenvalue weighted by atomic mass is 79.9. The molecule has 0 aliphatic carbocycles. The molecule has 1 amide bonds. The minimum Gasteiger partial charge on any atom is -0.493 e. The molecule has 3 nitrogen and oxygen atoms in total. The maximum Gasteiger partial charge on any atom is 0.252 e. The number of primary amides is 1. The Morgan fingerprint density at radius 1 is 1.41 bits per heavy atom. The topological polar surface area (TPSA) is 52.3 Å². The van der Waals surface area contributed by atoms with E-state index in [1.165, 1.54) is 0 Å². The van der Waals surface area contributed by atoms with Gasteiger partial charge in [-0.05, 0) is 30.9 Å². The van der Waals surface area contributed by atoms with Gasteiger partial charge in [-0.1, -0.05) is 35.0 Å². The summed E-state index contributed by atoms with van der Waals surface area (Å²) in [6, 6.07) is 7.07. The molecule has 0 saturated heterocycles. The molecule has 4 heteroatoms. The van der Waals surface area contributed by atoms with Crippen molar-refractivity contribution in [1.82, 2.24) is 0 Å². The molecule has 1 unspecified atom stereocenters. The molecule has 0 aliphatic heterocycles. The molecule has 17 heavy (non-hydrogen) atoms. The highest BCUT2D eigenvalue weighted by Gasteiger charge is 2.08. The first-order valence-electron chi connectivity index (χ1n) is 5.72. The normalized spacial score (nSPS) is 12.1. The van der Waals surface area contributed by atoms with Crippen LogP contribution in [0.15, 0.2) is 24.3 Å². The Kier molecular flexibility index (Phi) is 6.05. The second-order valence-corrected chi connectivity index (χ2v) is 4.87. The van der Waals surface area contributed by atoms with Crippen LogP contribution < -0.4 is 10.5 Å². The summed E-state index contributed by atoms with van der Waals surface area (Å²) in [6.07, 6.45) is 2.10. The van der Waals surface area contributed by atoms with E-state index < -0.39 is 5.91 Å². The Morgan fingerprint density at radius 3 is 2.76 bits per heavy atom. The lowest BCUT2D eigenvalue weighted by atomic mass is 10.1. The third-order valence-electron chi connectivity index (χ3n) is 2.62. The molecule has 0 saturated carbocycles. The zero-order valence-corrected chi connectivity index (χ0v) is 11.6. The lowest BCUT2D eigenvalue weighted by Crippen LogP contribution is -2.14. The number of ether oxygens (including phenoxy) is 1. The zero-order valence-electron chi connectivity index (χ0n) is 9.99. The zero-order chi connectivity index (χ0) is 12.7. The van der Waals surface area contributed by atoms with Gasteiger partial charge in [0.15, 0.2) is 0 Å². The number of hydrogen-bond acceptors (Lipinski definition) is 2. The van der Waals surface area contributed by atoms with Crippen LogP contribution in [0.2, 0.25) is 0 Å². The van der Waals surface area contributed by atoms with Crippen molar-refractivity contribution in [2.45, 2.75) is 19.8 Å². The second-order valence-electron chi connectivity index (χ2n) is 4.08. The van der Waals surface area contributed by atoms with E-state index in [0.717, 1.165) is 18.2 Å². The van der Waals surface area contributed by atoms with E-state index in [0.29, 0.717) is 23.8 Å². The van der Waals surface area contributed by atoms with Gasteiger partial charge in [-0.2, -0.15) is 0 Å². The van der Waals surface area contributed by atoms with E-state index in [9.17, 15) is 4.79 Å². The standard InChI is InChI=1S/C13H18BrNO2/c1-10(6-8-14)7-9-17-12-5-3-2-4-11(12)13(15)16/h2-5,10H,6-9H2,1H3,(H2,15,16). The van der Waals surface area contributed by atoms with Gasteiger partial charge in [0.05, 0.1) is 12.2 Å². The number of amides is 1. The van der Waals surface area contributed by atoms with Gasteiger partial charge >= 0.3 is 0 Å². The molecule has 2 N–H and O–H groups in total. The molecule has 0 aliphatic rings. The van der Waals surface area contributed by atoms with Crippen molar-refractivity contribution in [2.24, 2.45) is 11.7 Å². The van der Waals surface area contributed by atoms with Gasteiger partial charge in [0.2, 0.25) is 0 Å². The van der Waals surface area contributed by atoms with Crippen LogP contribution in [-0.2, 0) is 0 Å². The van der Waals surface area contributed by atoms with Crippen LogP contribution in [0, 0.1) is 5.92 Å². The number of halogens is 1. The maximum atomic E-state index is 11.2. The molecule has 1 rings (SSSR count). The van der Waals surface area contributed by atoms with Gasteiger partial charge in [0, 0.05) is 5.33 Å². The average Bonchev–Trinajstić information content (AvgIpc) is 2.30. The molecule has 0 radical (unpaired) electrons. The molecule has 1 atom stereocenters. The monoisotopic (exact) mass is 299 g/mol. The van der Waals surface area contributed by atoms with Crippen molar-refractivity contribution in [3.63, 3.8) is 0 Å². The number of benzene rings is 1. The summed E-state index contributed by atoms with van der Waals surface area (Å²) in [5.74, 6) is 0.732. The molecule has 0 spiro atoms. The number of carbonyl (C=O) groups excluding carboxylic acids is 1. The van der Waals surface area contributed by atoms with Crippen LogP contribution in [0.1, 0.15) is 30.1 Å². The number of hydrogen-bond donors (Lipinski definition) is 1. The van der Waals surface area contributed by atoms with Crippen LogP contribution in [0.4, 0.5) is 0 Å². The Bertz CT molecular complexity index is 368. The smallest absolute Gasteiger partial charge is 0.252 e. The Hall–Kier alpha value is -1.03. The van der Waals surface area contributed by atoms with Crippen molar-refractivity contribution in [2.75, 3.05) is 11.9 Å². The molecule has 0 bridgehead atoms. The van der Waals surface area contributed by atoms with Crippen LogP contribution in [-0.4, -0.2) is 17.8 Å². The predicted molar refractivity (Wildman–Crippen MR) is 72.6 cm³/mol. The highest BCUT2D eigenvalue weighted by Crippen LogP contribution is 2.18. The third-order valence-corrected chi connectivity index (χ3v) is 3.08. The predicted octanol–water partition coefficient (Wildman–Crippen LogP) is 2.98. The summed E-state index contributed by atoms with van der Waals surface area (Å²) >= 11 is 3.42. The largest absolute Gasteiger partial charge is 0.493 e. The minimum atomic E-state index is -0.450. The molecule has 1 aromatic rings. The first-order chi connectivity index (χ1) is 8.15. The van der Waals surface area contributed by atoms with Crippen LogP contribution in [0.5, 0.6) is 5.75 Å². The number of alkyl halides is 1. The molecular formula is C13H18BrNO2. The van der Waals surface area contributed by atoms with Crippen molar-refractivity contribution >= 4 is 21.8 Å². The Labute approximate surface area is 110 Å². The lowest BCUT2D eigenvalue weighted by molar-refractivity contribution is 0.0996. The molecule has 0 fully saturated rings. The second kappa shape index (κ2) is 7.33. The fourth-order valence-electron chi connectivity index (χ4n) is 1.50. The lowest BCUT2D eigenvalue weighted by Gasteiger charge is -2.12. The summed E-state index contributed by atoms with van der Waals surface area (Å²) < 4.78 is 5.60. The molecular weight excluding hydrogens is 282 g/mol. The van der Waals surface area contributed by atoms with Crippen LogP contribution in [0.25, 0.3) is 0 Å². The molecule has 94 valence electrons. The first kappa shape index (κ1) is 14.0. The molecule has 0 aromatic heterocycles. The number of rotatable bonds is 7. The van der Waals surface area contributed by atoms with Crippen molar-refractivity contribution < 1.29 is 9.53 Å². The summed E-state index contributed by atoms with van der Waals surface area (Å²) in [4.78, 5) is 11.2. The van der Waals surface area contributed by atoms with Gasteiger partial charge in [-0.25, -0.2) is 0 Å². The Morgan fingerprint density at radius 2 is 2.12 bits per heavy atom. The van der Waals surface area contributed by atoms with Gasteiger partial charge in [-0.3, -0.25) is 4.79 Å². The highest BCUT2D eigenvalue weighted by molar-refractivity contribution is 9.09. The SMILES string of the molecule is CC(CCBr)CCOc1ccccc1C(N)=O. The van der Waals surface area contributed by atoms with E-state index in [2.05, 4.69) is 22.9 Å². The number of para-hydroxylation sites is 1.